The van der Waals surface area contributed by atoms with E-state index in [-0.39, 0.29) is 5.91 Å². The van der Waals surface area contributed by atoms with Crippen molar-refractivity contribution >= 4 is 28.5 Å². The molecule has 0 aliphatic rings. The number of carbonyl (C=O) groups is 1. The van der Waals surface area contributed by atoms with Gasteiger partial charge in [0, 0.05) is 38.9 Å². The summed E-state index contributed by atoms with van der Waals surface area (Å²) in [6.45, 7) is 6.66. The van der Waals surface area contributed by atoms with Crippen molar-refractivity contribution in [2.45, 2.75) is 33.2 Å². The molecule has 0 saturated carbocycles. The summed E-state index contributed by atoms with van der Waals surface area (Å²) >= 11 is 2.24. The van der Waals surface area contributed by atoms with Gasteiger partial charge in [-0.2, -0.15) is 5.10 Å². The number of nitrogens with one attached hydrogen (secondary N) is 1. The molecular weight excluding hydrogens is 345 g/mol. The Balaban J connectivity index is 2.13. The summed E-state index contributed by atoms with van der Waals surface area (Å²) in [4.78, 5) is 11.5. The molecule has 1 heterocycles. The Labute approximate surface area is 121 Å². The predicted molar refractivity (Wildman–Crippen MR) is 78.4 cm³/mol. The van der Waals surface area contributed by atoms with Crippen molar-refractivity contribution in [1.29, 1.82) is 0 Å². The molecule has 6 heteroatoms. The molecule has 0 aliphatic carbocycles. The van der Waals surface area contributed by atoms with Gasteiger partial charge in [0.1, 0.15) is 0 Å². The van der Waals surface area contributed by atoms with Gasteiger partial charge in [0.2, 0.25) is 5.91 Å². The third-order valence-electron chi connectivity index (χ3n) is 2.45. The first-order chi connectivity index (χ1) is 8.63. The van der Waals surface area contributed by atoms with Crippen LogP contribution in [0.4, 0.5) is 0 Å². The minimum absolute atomic E-state index is 0.0645. The van der Waals surface area contributed by atoms with Crippen LogP contribution in [-0.2, 0) is 16.1 Å². The summed E-state index contributed by atoms with van der Waals surface area (Å²) in [5.41, 5.74) is 1.01. The van der Waals surface area contributed by atoms with Gasteiger partial charge in [0.05, 0.1) is 9.26 Å². The molecule has 1 amide bonds. The summed E-state index contributed by atoms with van der Waals surface area (Å²) in [6.07, 6.45) is 3.28. The van der Waals surface area contributed by atoms with Crippen molar-refractivity contribution in [3.8, 4) is 0 Å². The molecule has 0 spiro atoms. The number of halogens is 1. The minimum Gasteiger partial charge on any atom is -0.382 e. The van der Waals surface area contributed by atoms with Crippen LogP contribution in [-0.4, -0.2) is 35.4 Å². The lowest BCUT2D eigenvalue weighted by Crippen LogP contribution is -2.26. The minimum atomic E-state index is 0.0645. The van der Waals surface area contributed by atoms with Gasteiger partial charge < -0.3 is 10.1 Å². The molecule has 0 aliphatic heterocycles. The van der Waals surface area contributed by atoms with Crippen LogP contribution in [0.25, 0.3) is 0 Å². The summed E-state index contributed by atoms with van der Waals surface area (Å²) in [7, 11) is 0. The maximum atomic E-state index is 11.5. The van der Waals surface area contributed by atoms with Crippen LogP contribution in [0.3, 0.4) is 0 Å². The Morgan fingerprint density at radius 1 is 1.61 bits per heavy atom. The molecule has 102 valence electrons. The van der Waals surface area contributed by atoms with Crippen LogP contribution in [0, 0.1) is 10.5 Å². The van der Waals surface area contributed by atoms with Crippen LogP contribution >= 0.6 is 22.6 Å². The smallest absolute Gasteiger partial charge is 0.221 e. The molecule has 1 rings (SSSR count). The highest BCUT2D eigenvalue weighted by Gasteiger charge is 2.04. The van der Waals surface area contributed by atoms with Crippen molar-refractivity contribution in [3.63, 3.8) is 0 Å². The highest BCUT2D eigenvalue weighted by molar-refractivity contribution is 14.1. The van der Waals surface area contributed by atoms with Gasteiger partial charge in [-0.1, -0.05) is 0 Å². The second-order valence-corrected chi connectivity index (χ2v) is 5.14. The lowest BCUT2D eigenvalue weighted by atomic mass is 10.3. The number of aryl methyl sites for hydroxylation is 2. The normalized spacial score (nSPS) is 10.6. The zero-order valence-corrected chi connectivity index (χ0v) is 13.1. The Hall–Kier alpha value is -0.630. The quantitative estimate of drug-likeness (QED) is 0.564. The average molecular weight is 365 g/mol. The molecule has 0 atom stereocenters. The van der Waals surface area contributed by atoms with Crippen LogP contribution in [0.1, 0.15) is 25.5 Å². The highest BCUT2D eigenvalue weighted by atomic mass is 127. The van der Waals surface area contributed by atoms with E-state index in [2.05, 4.69) is 33.0 Å². The van der Waals surface area contributed by atoms with Crippen LogP contribution in [0.5, 0.6) is 0 Å². The molecule has 0 fully saturated rings. The predicted octanol–water partition coefficient (Wildman–Crippen LogP) is 1.73. The number of hydrogen-bond donors (Lipinski definition) is 1. The van der Waals surface area contributed by atoms with E-state index in [1.807, 2.05) is 24.7 Å². The molecule has 1 aromatic heterocycles. The number of rotatable bonds is 8. The van der Waals surface area contributed by atoms with Gasteiger partial charge in [-0.05, 0) is 42.9 Å². The van der Waals surface area contributed by atoms with Crippen molar-refractivity contribution in [1.82, 2.24) is 15.1 Å². The number of nitrogens with zero attached hydrogens (tertiary/aromatic N) is 2. The number of amides is 1. The fourth-order valence-corrected chi connectivity index (χ4v) is 1.89. The number of aromatic nitrogens is 2. The van der Waals surface area contributed by atoms with Gasteiger partial charge in [-0.15, -0.1) is 0 Å². The van der Waals surface area contributed by atoms with Crippen molar-refractivity contribution in [2.24, 2.45) is 0 Å². The summed E-state index contributed by atoms with van der Waals surface area (Å²) < 4.78 is 8.14. The highest BCUT2D eigenvalue weighted by Crippen LogP contribution is 2.08. The zero-order valence-electron chi connectivity index (χ0n) is 10.9. The van der Waals surface area contributed by atoms with E-state index in [1.54, 1.807) is 0 Å². The SMILES string of the molecule is CCOCCCNC(=O)CCn1cc(I)c(C)n1. The van der Waals surface area contributed by atoms with Crippen LogP contribution < -0.4 is 5.32 Å². The van der Waals surface area contributed by atoms with Gasteiger partial charge >= 0.3 is 0 Å². The number of carbonyl (C=O) groups excluding carboxylic acids is 1. The second kappa shape index (κ2) is 8.47. The summed E-state index contributed by atoms with van der Waals surface area (Å²) in [5.74, 6) is 0.0645. The Bertz CT molecular complexity index is 360. The molecular formula is C12H20IN3O2. The maximum absolute atomic E-state index is 11.5. The largest absolute Gasteiger partial charge is 0.382 e. The van der Waals surface area contributed by atoms with Crippen molar-refractivity contribution in [2.75, 3.05) is 19.8 Å². The molecule has 0 radical (unpaired) electrons. The molecule has 1 N–H and O–H groups in total. The summed E-state index contributed by atoms with van der Waals surface area (Å²) in [5, 5.41) is 7.18. The van der Waals surface area contributed by atoms with Crippen molar-refractivity contribution in [3.05, 3.63) is 15.5 Å². The van der Waals surface area contributed by atoms with E-state index in [9.17, 15) is 4.79 Å². The molecule has 1 aromatic rings. The van der Waals surface area contributed by atoms with E-state index in [1.165, 1.54) is 0 Å². The van der Waals surface area contributed by atoms with E-state index >= 15 is 0 Å². The molecule has 5 nitrogen and oxygen atoms in total. The van der Waals surface area contributed by atoms with E-state index < -0.39 is 0 Å². The molecule has 0 aromatic carbocycles. The van der Waals surface area contributed by atoms with Gasteiger partial charge in [-0.25, -0.2) is 0 Å². The van der Waals surface area contributed by atoms with E-state index in [0.717, 1.165) is 22.3 Å². The Morgan fingerprint density at radius 2 is 2.39 bits per heavy atom. The zero-order chi connectivity index (χ0) is 13.4. The van der Waals surface area contributed by atoms with Gasteiger partial charge in [0.15, 0.2) is 0 Å². The van der Waals surface area contributed by atoms with Gasteiger partial charge in [0.25, 0.3) is 0 Å². The summed E-state index contributed by atoms with van der Waals surface area (Å²) in [6, 6.07) is 0. The molecule has 0 saturated heterocycles. The monoisotopic (exact) mass is 365 g/mol. The topological polar surface area (TPSA) is 56.1 Å². The lowest BCUT2D eigenvalue weighted by Gasteiger charge is -2.05. The van der Waals surface area contributed by atoms with Crippen molar-refractivity contribution < 1.29 is 9.53 Å². The first-order valence-corrected chi connectivity index (χ1v) is 7.25. The van der Waals surface area contributed by atoms with E-state index in [4.69, 9.17) is 4.74 Å². The molecule has 0 unspecified atom stereocenters. The fourth-order valence-electron chi connectivity index (χ4n) is 1.46. The number of ether oxygens (including phenoxy) is 1. The molecule has 0 bridgehead atoms. The Kier molecular flexibility index (Phi) is 7.26. The average Bonchev–Trinajstić information content (AvgIpc) is 2.66. The third-order valence-corrected chi connectivity index (χ3v) is 3.51. The molecule has 18 heavy (non-hydrogen) atoms. The third kappa shape index (κ3) is 5.81. The second-order valence-electron chi connectivity index (χ2n) is 3.98. The first-order valence-electron chi connectivity index (χ1n) is 6.17. The van der Waals surface area contributed by atoms with Crippen LogP contribution in [0.15, 0.2) is 6.20 Å². The first kappa shape index (κ1) is 15.4. The lowest BCUT2D eigenvalue weighted by molar-refractivity contribution is -0.121. The van der Waals surface area contributed by atoms with E-state index in [0.29, 0.717) is 26.1 Å². The Morgan fingerprint density at radius 3 is 3.00 bits per heavy atom. The van der Waals surface area contributed by atoms with Crippen LogP contribution in [0.2, 0.25) is 0 Å². The van der Waals surface area contributed by atoms with Gasteiger partial charge in [-0.3, -0.25) is 9.48 Å². The maximum Gasteiger partial charge on any atom is 0.221 e. The fraction of sp³-hybridized carbons (Fsp3) is 0.667. The standard InChI is InChI=1S/C12H20IN3O2/c1-3-18-8-4-6-14-12(17)5-7-16-9-11(13)10(2)15-16/h9H,3-8H2,1-2H3,(H,14,17). The number of hydrogen-bond acceptors (Lipinski definition) is 3.